The molecule has 2 nitrogen and oxygen atoms in total. The zero-order valence-electron chi connectivity index (χ0n) is 23.1. The van der Waals surface area contributed by atoms with Crippen molar-refractivity contribution in [1.29, 1.82) is 0 Å². The molecule has 6 aromatic carbocycles. The van der Waals surface area contributed by atoms with Crippen LogP contribution in [0.3, 0.4) is 0 Å². The molecule has 2 heteroatoms. The van der Waals surface area contributed by atoms with Crippen LogP contribution in [0.15, 0.2) is 133 Å². The number of hydrogen-bond donors (Lipinski definition) is 0. The fourth-order valence-electron chi connectivity index (χ4n) is 7.40. The smallest absolute Gasteiger partial charge is 0.0548 e. The maximum absolute atomic E-state index is 2.47. The van der Waals surface area contributed by atoms with E-state index in [4.69, 9.17) is 0 Å². The second-order valence-corrected chi connectivity index (χ2v) is 11.8. The van der Waals surface area contributed by atoms with Crippen LogP contribution in [-0.2, 0) is 5.41 Å². The van der Waals surface area contributed by atoms with Gasteiger partial charge < -0.3 is 9.13 Å². The number of para-hydroxylation sites is 3. The van der Waals surface area contributed by atoms with Gasteiger partial charge in [-0.25, -0.2) is 0 Å². The van der Waals surface area contributed by atoms with Crippen molar-refractivity contribution >= 4 is 43.6 Å². The van der Waals surface area contributed by atoms with E-state index in [-0.39, 0.29) is 5.41 Å². The minimum atomic E-state index is -0.0446. The van der Waals surface area contributed by atoms with Gasteiger partial charge in [0.05, 0.1) is 22.1 Å². The Labute approximate surface area is 238 Å². The summed E-state index contributed by atoms with van der Waals surface area (Å²) in [7, 11) is 0. The van der Waals surface area contributed by atoms with Gasteiger partial charge in [-0.2, -0.15) is 0 Å². The van der Waals surface area contributed by atoms with Crippen molar-refractivity contribution < 1.29 is 0 Å². The molecule has 0 amide bonds. The third-order valence-corrected chi connectivity index (χ3v) is 9.31. The molecule has 0 aliphatic heterocycles. The van der Waals surface area contributed by atoms with Crippen LogP contribution in [0.4, 0.5) is 0 Å². The first-order valence-corrected chi connectivity index (χ1v) is 14.4. The molecule has 0 fully saturated rings. The Morgan fingerprint density at radius 1 is 0.390 bits per heavy atom. The molecular weight excluding hydrogens is 496 g/mol. The van der Waals surface area contributed by atoms with Crippen LogP contribution in [0, 0.1) is 0 Å². The molecule has 194 valence electrons. The van der Waals surface area contributed by atoms with Crippen LogP contribution in [0.25, 0.3) is 66.1 Å². The molecule has 0 radical (unpaired) electrons. The monoisotopic (exact) mass is 524 g/mol. The molecule has 0 N–H and O–H groups in total. The highest BCUT2D eigenvalue weighted by Gasteiger charge is 2.35. The summed E-state index contributed by atoms with van der Waals surface area (Å²) in [5.74, 6) is 0. The van der Waals surface area contributed by atoms with Crippen molar-refractivity contribution in [2.75, 3.05) is 0 Å². The minimum Gasteiger partial charge on any atom is -0.309 e. The van der Waals surface area contributed by atoms with Gasteiger partial charge in [-0.15, -0.1) is 0 Å². The molecule has 2 aromatic heterocycles. The van der Waals surface area contributed by atoms with E-state index in [9.17, 15) is 0 Å². The molecule has 0 saturated heterocycles. The van der Waals surface area contributed by atoms with E-state index in [1.807, 2.05) is 0 Å². The van der Waals surface area contributed by atoms with Crippen molar-refractivity contribution in [3.63, 3.8) is 0 Å². The summed E-state index contributed by atoms with van der Waals surface area (Å²) in [5, 5.41) is 5.10. The highest BCUT2D eigenvalue weighted by Crippen LogP contribution is 2.49. The first kappa shape index (κ1) is 22.7. The minimum absolute atomic E-state index is 0.0446. The van der Waals surface area contributed by atoms with Crippen molar-refractivity contribution in [2.45, 2.75) is 19.3 Å². The number of nitrogens with zero attached hydrogens (tertiary/aromatic N) is 2. The number of aromatic nitrogens is 2. The molecule has 0 spiro atoms. The number of rotatable bonds is 2. The molecule has 0 unspecified atom stereocenters. The topological polar surface area (TPSA) is 9.86 Å². The summed E-state index contributed by atoms with van der Waals surface area (Å²) in [6.07, 6.45) is 0. The molecule has 1 aliphatic rings. The predicted molar refractivity (Wildman–Crippen MR) is 173 cm³/mol. The Kier molecular flexibility index (Phi) is 4.42. The van der Waals surface area contributed by atoms with Crippen LogP contribution in [0.1, 0.15) is 25.0 Å². The lowest BCUT2D eigenvalue weighted by molar-refractivity contribution is 0.660. The van der Waals surface area contributed by atoms with Crippen LogP contribution >= 0.6 is 0 Å². The Balaban J connectivity index is 1.38. The first-order valence-electron chi connectivity index (χ1n) is 14.4. The maximum Gasteiger partial charge on any atom is 0.0548 e. The zero-order valence-corrected chi connectivity index (χ0v) is 23.1. The van der Waals surface area contributed by atoms with E-state index in [0.717, 1.165) is 0 Å². The van der Waals surface area contributed by atoms with Crippen molar-refractivity contribution in [3.8, 4) is 22.5 Å². The van der Waals surface area contributed by atoms with Crippen molar-refractivity contribution in [2.24, 2.45) is 0 Å². The Bertz CT molecular complexity index is 2330. The summed E-state index contributed by atoms with van der Waals surface area (Å²) >= 11 is 0. The van der Waals surface area contributed by atoms with Crippen LogP contribution in [-0.4, -0.2) is 9.13 Å². The molecule has 0 atom stereocenters. The fourth-order valence-corrected chi connectivity index (χ4v) is 7.40. The summed E-state index contributed by atoms with van der Waals surface area (Å²) in [5.41, 5.74) is 12.8. The summed E-state index contributed by atoms with van der Waals surface area (Å²) in [6.45, 7) is 4.71. The van der Waals surface area contributed by atoms with Gasteiger partial charge in [0.15, 0.2) is 0 Å². The highest BCUT2D eigenvalue weighted by molar-refractivity contribution is 6.19. The van der Waals surface area contributed by atoms with E-state index < -0.39 is 0 Å². The summed E-state index contributed by atoms with van der Waals surface area (Å²) in [6, 6.07) is 49.1. The molecule has 9 rings (SSSR count). The van der Waals surface area contributed by atoms with Crippen molar-refractivity contribution in [1.82, 2.24) is 9.13 Å². The predicted octanol–water partition coefficient (Wildman–Crippen LogP) is 10.2. The molecule has 41 heavy (non-hydrogen) atoms. The average Bonchev–Trinajstić information content (AvgIpc) is 3.60. The van der Waals surface area contributed by atoms with Gasteiger partial charge >= 0.3 is 0 Å². The second-order valence-electron chi connectivity index (χ2n) is 11.8. The standard InChI is InChI=1S/C39H28N2/c1-39(2)33-17-9-6-14-27(33)28-21-20-26(22-34(28)39)41-36-19-11-8-16-30(36)32-23-37-31(24-38(32)41)29-15-7-10-18-35(29)40(37)25-12-4-3-5-13-25/h3-24H,1-2H3. The summed E-state index contributed by atoms with van der Waals surface area (Å²) in [4.78, 5) is 0. The molecular formula is C39H28N2. The fraction of sp³-hybridized carbons (Fsp3) is 0.0769. The third-order valence-electron chi connectivity index (χ3n) is 9.31. The van der Waals surface area contributed by atoms with Gasteiger partial charge in [0, 0.05) is 38.3 Å². The zero-order chi connectivity index (χ0) is 27.3. The van der Waals surface area contributed by atoms with E-state index in [1.165, 1.54) is 77.2 Å². The Morgan fingerprint density at radius 3 is 1.61 bits per heavy atom. The average molecular weight is 525 g/mol. The van der Waals surface area contributed by atoms with E-state index in [2.05, 4.69) is 156 Å². The summed E-state index contributed by atoms with van der Waals surface area (Å²) < 4.78 is 4.88. The van der Waals surface area contributed by atoms with Crippen LogP contribution in [0.5, 0.6) is 0 Å². The van der Waals surface area contributed by atoms with Gasteiger partial charge in [-0.05, 0) is 70.8 Å². The number of hydrogen-bond acceptors (Lipinski definition) is 0. The quantitative estimate of drug-likeness (QED) is 0.213. The van der Waals surface area contributed by atoms with E-state index in [0.29, 0.717) is 0 Å². The van der Waals surface area contributed by atoms with Crippen LogP contribution in [0.2, 0.25) is 0 Å². The molecule has 0 bridgehead atoms. The molecule has 2 heterocycles. The van der Waals surface area contributed by atoms with Gasteiger partial charge in [-0.1, -0.05) is 98.8 Å². The molecule has 0 saturated carbocycles. The van der Waals surface area contributed by atoms with E-state index in [1.54, 1.807) is 0 Å². The number of benzene rings is 6. The SMILES string of the molecule is CC1(C)c2ccccc2-c2ccc(-n3c4ccccc4c4cc5c(cc43)c3ccccc3n5-c3ccccc3)cc21. The first-order chi connectivity index (χ1) is 20.1. The molecule has 1 aliphatic carbocycles. The molecule has 8 aromatic rings. The van der Waals surface area contributed by atoms with Crippen molar-refractivity contribution in [3.05, 3.63) is 145 Å². The lowest BCUT2D eigenvalue weighted by atomic mass is 9.82. The Morgan fingerprint density at radius 2 is 0.927 bits per heavy atom. The van der Waals surface area contributed by atoms with Gasteiger partial charge in [-0.3, -0.25) is 0 Å². The number of fused-ring (bicyclic) bond motifs is 9. The van der Waals surface area contributed by atoms with Crippen LogP contribution < -0.4 is 0 Å². The van der Waals surface area contributed by atoms with Gasteiger partial charge in [0.25, 0.3) is 0 Å². The largest absolute Gasteiger partial charge is 0.309 e. The third kappa shape index (κ3) is 2.97. The second kappa shape index (κ2) is 7.99. The van der Waals surface area contributed by atoms with Gasteiger partial charge in [0.1, 0.15) is 0 Å². The van der Waals surface area contributed by atoms with E-state index >= 15 is 0 Å². The lowest BCUT2D eigenvalue weighted by Crippen LogP contribution is -2.15. The highest BCUT2D eigenvalue weighted by atomic mass is 15.0. The normalized spacial score (nSPS) is 13.8. The maximum atomic E-state index is 2.47. The van der Waals surface area contributed by atoms with Gasteiger partial charge in [0.2, 0.25) is 0 Å². The lowest BCUT2D eigenvalue weighted by Gasteiger charge is -2.22. The Hall–Kier alpha value is -5.08.